The molecule has 0 fully saturated rings. The van der Waals surface area contributed by atoms with E-state index in [1.807, 2.05) is 0 Å². The lowest BCUT2D eigenvalue weighted by Gasteiger charge is -2.27. The molecular weight excluding hydrogens is 230 g/mol. The van der Waals surface area contributed by atoms with Crippen LogP contribution in [0.5, 0.6) is 0 Å². The van der Waals surface area contributed by atoms with Crippen LogP contribution < -0.4 is 11.1 Å². The monoisotopic (exact) mass is 259 g/mol. The van der Waals surface area contributed by atoms with Gasteiger partial charge in [-0.15, -0.1) is 0 Å². The number of hydrogen-bond donors (Lipinski definition) is 2. The summed E-state index contributed by atoms with van der Waals surface area (Å²) in [5.74, 6) is 0.274. The Balaban J connectivity index is 4.32. The van der Waals surface area contributed by atoms with E-state index in [1.54, 1.807) is 7.11 Å². The van der Waals surface area contributed by atoms with Crippen LogP contribution in [0.2, 0.25) is 0 Å². The third-order valence-electron chi connectivity index (χ3n) is 2.66. The first kappa shape index (κ1) is 17.4. The van der Waals surface area contributed by atoms with Crippen LogP contribution in [0.3, 0.4) is 0 Å². The van der Waals surface area contributed by atoms with Gasteiger partial charge in [-0.05, 0) is 18.9 Å². The molecule has 0 aromatic rings. The van der Waals surface area contributed by atoms with Crippen molar-refractivity contribution in [3.63, 3.8) is 0 Å². The van der Waals surface area contributed by atoms with Crippen LogP contribution in [0.4, 0.5) is 0 Å². The molecule has 0 spiro atoms. The molecule has 1 unspecified atom stereocenters. The summed E-state index contributed by atoms with van der Waals surface area (Å²) in [5, 5.41) is 3.19. The minimum atomic E-state index is -0.283. The smallest absolute Gasteiger partial charge is 0.235 e. The van der Waals surface area contributed by atoms with Gasteiger partial charge >= 0.3 is 0 Å². The van der Waals surface area contributed by atoms with Crippen LogP contribution in [-0.2, 0) is 9.53 Å². The van der Waals surface area contributed by atoms with E-state index in [0.717, 1.165) is 26.1 Å². The maximum absolute atomic E-state index is 11.4. The van der Waals surface area contributed by atoms with E-state index in [0.29, 0.717) is 19.1 Å². The van der Waals surface area contributed by atoms with E-state index in [4.69, 9.17) is 10.5 Å². The molecule has 0 aliphatic rings. The second-order valence-electron chi connectivity index (χ2n) is 5.06. The van der Waals surface area contributed by atoms with Gasteiger partial charge in [0.2, 0.25) is 5.91 Å². The second kappa shape index (κ2) is 10.3. The van der Waals surface area contributed by atoms with Gasteiger partial charge in [0.1, 0.15) is 0 Å². The van der Waals surface area contributed by atoms with E-state index in [1.165, 1.54) is 0 Å². The van der Waals surface area contributed by atoms with Gasteiger partial charge in [0.05, 0.1) is 12.6 Å². The molecule has 5 heteroatoms. The number of carbonyl (C=O) groups excluding carboxylic acids is 1. The lowest BCUT2D eigenvalue weighted by molar-refractivity contribution is -0.120. The fraction of sp³-hybridized carbons (Fsp3) is 0.923. The number of primary amides is 1. The van der Waals surface area contributed by atoms with Gasteiger partial charge in [-0.3, -0.25) is 9.69 Å². The minimum absolute atomic E-state index is 0.277. The molecule has 0 rings (SSSR count). The summed E-state index contributed by atoms with van der Waals surface area (Å²) >= 11 is 0. The fourth-order valence-corrected chi connectivity index (χ4v) is 1.83. The standard InChI is InChI=1S/C13H29N3O2/c1-5-6-15-12(13(14)17)10-16(7-8-18-4)9-11(2)3/h11-12,15H,5-10H2,1-4H3,(H2,14,17). The van der Waals surface area contributed by atoms with Gasteiger partial charge in [0.25, 0.3) is 0 Å². The fourth-order valence-electron chi connectivity index (χ4n) is 1.83. The highest BCUT2D eigenvalue weighted by molar-refractivity contribution is 5.80. The molecule has 0 bridgehead atoms. The van der Waals surface area contributed by atoms with E-state index in [-0.39, 0.29) is 11.9 Å². The number of nitrogens with zero attached hydrogens (tertiary/aromatic N) is 1. The lowest BCUT2D eigenvalue weighted by atomic mass is 10.1. The molecule has 0 heterocycles. The highest BCUT2D eigenvalue weighted by atomic mass is 16.5. The van der Waals surface area contributed by atoms with Crippen molar-refractivity contribution in [2.24, 2.45) is 11.7 Å². The summed E-state index contributed by atoms with van der Waals surface area (Å²) in [5.41, 5.74) is 5.43. The van der Waals surface area contributed by atoms with Crippen LogP contribution in [0.1, 0.15) is 27.2 Å². The quantitative estimate of drug-likeness (QED) is 0.565. The van der Waals surface area contributed by atoms with Gasteiger partial charge in [0.15, 0.2) is 0 Å². The molecule has 1 atom stereocenters. The number of hydrogen-bond acceptors (Lipinski definition) is 4. The van der Waals surface area contributed by atoms with E-state index in [2.05, 4.69) is 31.0 Å². The molecule has 108 valence electrons. The highest BCUT2D eigenvalue weighted by Crippen LogP contribution is 2.00. The van der Waals surface area contributed by atoms with Crippen LogP contribution >= 0.6 is 0 Å². The van der Waals surface area contributed by atoms with Gasteiger partial charge in [-0.2, -0.15) is 0 Å². The van der Waals surface area contributed by atoms with E-state index >= 15 is 0 Å². The molecular formula is C13H29N3O2. The molecule has 0 aromatic carbocycles. The van der Waals surface area contributed by atoms with Crippen LogP contribution in [0, 0.1) is 5.92 Å². The number of nitrogens with one attached hydrogen (secondary N) is 1. The van der Waals surface area contributed by atoms with Crippen molar-refractivity contribution >= 4 is 5.91 Å². The van der Waals surface area contributed by atoms with Gasteiger partial charge in [-0.25, -0.2) is 0 Å². The molecule has 0 radical (unpaired) electrons. The van der Waals surface area contributed by atoms with Crippen molar-refractivity contribution in [1.82, 2.24) is 10.2 Å². The molecule has 0 saturated heterocycles. The Labute approximate surface area is 111 Å². The second-order valence-corrected chi connectivity index (χ2v) is 5.06. The molecule has 1 amide bonds. The van der Waals surface area contributed by atoms with Crippen molar-refractivity contribution in [1.29, 1.82) is 0 Å². The Bertz CT molecular complexity index is 222. The Morgan fingerprint density at radius 1 is 1.39 bits per heavy atom. The first-order valence-corrected chi connectivity index (χ1v) is 6.75. The zero-order valence-electron chi connectivity index (χ0n) is 12.2. The Kier molecular flexibility index (Phi) is 9.92. The SMILES string of the molecule is CCCNC(CN(CCOC)CC(C)C)C(N)=O. The van der Waals surface area contributed by atoms with Crippen molar-refractivity contribution in [2.45, 2.75) is 33.2 Å². The summed E-state index contributed by atoms with van der Waals surface area (Å²) < 4.78 is 5.10. The summed E-state index contributed by atoms with van der Waals surface area (Å²) in [7, 11) is 1.69. The first-order chi connectivity index (χ1) is 8.51. The summed E-state index contributed by atoms with van der Waals surface area (Å²) in [6.07, 6.45) is 0.992. The minimum Gasteiger partial charge on any atom is -0.383 e. The summed E-state index contributed by atoms with van der Waals surface area (Å²) in [4.78, 5) is 13.6. The normalized spacial score (nSPS) is 13.2. The van der Waals surface area contributed by atoms with Crippen LogP contribution in [0.15, 0.2) is 0 Å². The summed E-state index contributed by atoms with van der Waals surface area (Å²) in [6, 6.07) is -0.277. The zero-order chi connectivity index (χ0) is 14.0. The number of amides is 1. The van der Waals surface area contributed by atoms with Crippen molar-refractivity contribution < 1.29 is 9.53 Å². The molecule has 0 aliphatic heterocycles. The maximum Gasteiger partial charge on any atom is 0.235 e. The first-order valence-electron chi connectivity index (χ1n) is 6.75. The highest BCUT2D eigenvalue weighted by Gasteiger charge is 2.18. The predicted octanol–water partition coefficient (Wildman–Crippen LogP) is 0.444. The molecule has 5 nitrogen and oxygen atoms in total. The molecule has 3 N–H and O–H groups in total. The van der Waals surface area contributed by atoms with Crippen LogP contribution in [0.25, 0.3) is 0 Å². The third kappa shape index (κ3) is 8.44. The number of nitrogens with two attached hydrogens (primary N) is 1. The lowest BCUT2D eigenvalue weighted by Crippen LogP contribution is -2.50. The van der Waals surface area contributed by atoms with Gasteiger partial charge in [0, 0.05) is 26.7 Å². The molecule has 0 saturated carbocycles. The Morgan fingerprint density at radius 2 is 2.06 bits per heavy atom. The molecule has 0 aliphatic carbocycles. The number of carbonyl (C=O) groups is 1. The topological polar surface area (TPSA) is 67.6 Å². The largest absolute Gasteiger partial charge is 0.383 e. The maximum atomic E-state index is 11.4. The van der Waals surface area contributed by atoms with Crippen molar-refractivity contribution in [2.75, 3.05) is 39.9 Å². The zero-order valence-corrected chi connectivity index (χ0v) is 12.2. The summed E-state index contributed by atoms with van der Waals surface area (Å²) in [6.45, 7) is 10.3. The van der Waals surface area contributed by atoms with Crippen molar-refractivity contribution in [3.05, 3.63) is 0 Å². The van der Waals surface area contributed by atoms with Crippen molar-refractivity contribution in [3.8, 4) is 0 Å². The third-order valence-corrected chi connectivity index (χ3v) is 2.66. The average molecular weight is 259 g/mol. The Hall–Kier alpha value is -0.650. The van der Waals surface area contributed by atoms with E-state index < -0.39 is 0 Å². The van der Waals surface area contributed by atoms with Gasteiger partial charge in [-0.1, -0.05) is 20.8 Å². The molecule has 0 aromatic heterocycles. The van der Waals surface area contributed by atoms with Crippen LogP contribution in [-0.4, -0.2) is 56.7 Å². The predicted molar refractivity (Wildman–Crippen MR) is 74.4 cm³/mol. The number of methoxy groups -OCH3 is 1. The number of rotatable bonds is 11. The number of ether oxygens (including phenoxy) is 1. The van der Waals surface area contributed by atoms with E-state index in [9.17, 15) is 4.79 Å². The van der Waals surface area contributed by atoms with Gasteiger partial charge < -0.3 is 15.8 Å². The molecule has 18 heavy (non-hydrogen) atoms. The Morgan fingerprint density at radius 3 is 2.50 bits per heavy atom. The average Bonchev–Trinajstić information content (AvgIpc) is 2.30.